The zero-order valence-corrected chi connectivity index (χ0v) is 13.8. The maximum atomic E-state index is 9.13. The van der Waals surface area contributed by atoms with Gasteiger partial charge in [0.2, 0.25) is 0 Å². The van der Waals surface area contributed by atoms with Crippen molar-refractivity contribution in [1.29, 1.82) is 0 Å². The molecule has 114 valence electrons. The summed E-state index contributed by atoms with van der Waals surface area (Å²) in [7, 11) is 0. The standard InChI is InChI=1S/C19H32O/c1-14(13-20)7-9-16-15(2)8-10-17-18(3,4)11-6-12-19(16,17)5/h13,16-17,20H,2,6-12H2,1,3-5H3/b14-13-/t16-,17-,19+/m0/s1. The van der Waals surface area contributed by atoms with Gasteiger partial charge in [-0.25, -0.2) is 0 Å². The van der Waals surface area contributed by atoms with E-state index in [1.807, 2.05) is 6.92 Å². The highest BCUT2D eigenvalue weighted by molar-refractivity contribution is 5.16. The van der Waals surface area contributed by atoms with Crippen molar-refractivity contribution in [2.24, 2.45) is 22.7 Å². The molecule has 0 aromatic rings. The first-order chi connectivity index (χ1) is 9.31. The predicted molar refractivity (Wildman–Crippen MR) is 86.7 cm³/mol. The van der Waals surface area contributed by atoms with E-state index < -0.39 is 0 Å². The lowest BCUT2D eigenvalue weighted by Crippen LogP contribution is -2.49. The number of allylic oxidation sites excluding steroid dienone is 2. The van der Waals surface area contributed by atoms with Crippen LogP contribution < -0.4 is 0 Å². The van der Waals surface area contributed by atoms with Crippen molar-refractivity contribution in [2.45, 2.75) is 72.6 Å². The molecule has 2 rings (SSSR count). The Labute approximate surface area is 125 Å². The van der Waals surface area contributed by atoms with E-state index in [1.54, 1.807) is 0 Å². The first-order valence-corrected chi connectivity index (χ1v) is 8.29. The maximum Gasteiger partial charge on any atom is 0.0780 e. The van der Waals surface area contributed by atoms with Crippen molar-refractivity contribution in [3.8, 4) is 0 Å². The lowest BCUT2D eigenvalue weighted by molar-refractivity contribution is -0.0539. The van der Waals surface area contributed by atoms with Gasteiger partial charge in [0.05, 0.1) is 6.26 Å². The van der Waals surface area contributed by atoms with Crippen molar-refractivity contribution in [3.05, 3.63) is 24.0 Å². The lowest BCUT2D eigenvalue weighted by Gasteiger charge is -2.58. The molecule has 3 atom stereocenters. The van der Waals surface area contributed by atoms with Gasteiger partial charge in [-0.15, -0.1) is 0 Å². The Bertz CT molecular complexity index is 404. The number of aliphatic hydroxyl groups excluding tert-OH is 1. The fourth-order valence-corrected chi connectivity index (χ4v) is 5.24. The van der Waals surface area contributed by atoms with Gasteiger partial charge >= 0.3 is 0 Å². The van der Waals surface area contributed by atoms with Crippen LogP contribution in [0.3, 0.4) is 0 Å². The molecule has 0 saturated heterocycles. The number of hydrogen-bond acceptors (Lipinski definition) is 1. The van der Waals surface area contributed by atoms with Gasteiger partial charge in [-0.1, -0.05) is 39.3 Å². The fraction of sp³-hybridized carbons (Fsp3) is 0.789. The summed E-state index contributed by atoms with van der Waals surface area (Å²) in [6.07, 6.45) is 10.1. The summed E-state index contributed by atoms with van der Waals surface area (Å²) < 4.78 is 0. The van der Waals surface area contributed by atoms with Crippen LogP contribution >= 0.6 is 0 Å². The summed E-state index contributed by atoms with van der Waals surface area (Å²) in [5.41, 5.74) is 3.46. The smallest absolute Gasteiger partial charge is 0.0780 e. The minimum Gasteiger partial charge on any atom is -0.516 e. The van der Waals surface area contributed by atoms with Crippen LogP contribution in [0, 0.1) is 22.7 Å². The molecule has 0 aromatic carbocycles. The third kappa shape index (κ3) is 2.69. The molecule has 0 heterocycles. The van der Waals surface area contributed by atoms with Crippen molar-refractivity contribution in [2.75, 3.05) is 0 Å². The fourth-order valence-electron chi connectivity index (χ4n) is 5.24. The van der Waals surface area contributed by atoms with Crippen molar-refractivity contribution >= 4 is 0 Å². The molecular weight excluding hydrogens is 244 g/mol. The maximum absolute atomic E-state index is 9.13. The van der Waals surface area contributed by atoms with E-state index in [9.17, 15) is 0 Å². The van der Waals surface area contributed by atoms with Gasteiger partial charge in [0.1, 0.15) is 0 Å². The molecule has 0 amide bonds. The van der Waals surface area contributed by atoms with Gasteiger partial charge in [0.25, 0.3) is 0 Å². The zero-order chi connectivity index (χ0) is 15.0. The van der Waals surface area contributed by atoms with E-state index in [1.165, 1.54) is 43.9 Å². The Morgan fingerprint density at radius 1 is 1.35 bits per heavy atom. The topological polar surface area (TPSA) is 20.2 Å². The molecule has 0 unspecified atom stereocenters. The largest absolute Gasteiger partial charge is 0.516 e. The van der Waals surface area contributed by atoms with E-state index in [4.69, 9.17) is 5.11 Å². The minimum absolute atomic E-state index is 0.423. The summed E-state index contributed by atoms with van der Waals surface area (Å²) in [4.78, 5) is 0. The third-order valence-corrected chi connectivity index (χ3v) is 6.37. The minimum atomic E-state index is 0.423. The molecule has 0 aliphatic heterocycles. The number of rotatable bonds is 3. The molecule has 2 aliphatic rings. The molecule has 0 radical (unpaired) electrons. The van der Waals surface area contributed by atoms with E-state index in [0.29, 0.717) is 16.7 Å². The van der Waals surface area contributed by atoms with Crippen molar-refractivity contribution in [3.63, 3.8) is 0 Å². The van der Waals surface area contributed by atoms with Crippen LogP contribution in [0.1, 0.15) is 72.6 Å². The predicted octanol–water partition coefficient (Wildman–Crippen LogP) is 6.03. The Morgan fingerprint density at radius 2 is 2.05 bits per heavy atom. The van der Waals surface area contributed by atoms with Gasteiger partial charge in [0.15, 0.2) is 0 Å². The third-order valence-electron chi connectivity index (χ3n) is 6.37. The molecule has 0 bridgehead atoms. The van der Waals surface area contributed by atoms with Gasteiger partial charge < -0.3 is 5.11 Å². The van der Waals surface area contributed by atoms with E-state index in [2.05, 4.69) is 27.4 Å². The van der Waals surface area contributed by atoms with Crippen molar-refractivity contribution in [1.82, 2.24) is 0 Å². The van der Waals surface area contributed by atoms with Crippen LogP contribution in [0.2, 0.25) is 0 Å². The van der Waals surface area contributed by atoms with Crippen LogP contribution in [0.15, 0.2) is 24.0 Å². The monoisotopic (exact) mass is 276 g/mol. The molecular formula is C19H32O. The highest BCUT2D eigenvalue weighted by atomic mass is 16.2. The second-order valence-corrected chi connectivity index (χ2v) is 8.16. The zero-order valence-electron chi connectivity index (χ0n) is 13.8. The highest BCUT2D eigenvalue weighted by Gasteiger charge is 2.52. The second-order valence-electron chi connectivity index (χ2n) is 8.16. The molecule has 1 heteroatoms. The first-order valence-electron chi connectivity index (χ1n) is 8.29. The summed E-state index contributed by atoms with van der Waals surface area (Å²) in [6, 6.07) is 0. The number of aliphatic hydroxyl groups is 1. The molecule has 1 nitrogen and oxygen atoms in total. The summed E-state index contributed by atoms with van der Waals surface area (Å²) in [5.74, 6) is 1.47. The number of fused-ring (bicyclic) bond motifs is 1. The first kappa shape index (κ1) is 15.7. The lowest BCUT2D eigenvalue weighted by atomic mass is 9.47. The summed E-state index contributed by atoms with van der Waals surface area (Å²) in [6.45, 7) is 13.9. The van der Waals surface area contributed by atoms with Crippen LogP contribution in [-0.2, 0) is 0 Å². The molecule has 2 fully saturated rings. The molecule has 20 heavy (non-hydrogen) atoms. The summed E-state index contributed by atoms with van der Waals surface area (Å²) >= 11 is 0. The Morgan fingerprint density at radius 3 is 2.70 bits per heavy atom. The van der Waals surface area contributed by atoms with Crippen LogP contribution in [0.4, 0.5) is 0 Å². The Balaban J connectivity index is 2.22. The molecule has 0 aromatic heterocycles. The van der Waals surface area contributed by atoms with Gasteiger partial charge in [-0.05, 0) is 73.7 Å². The van der Waals surface area contributed by atoms with E-state index >= 15 is 0 Å². The van der Waals surface area contributed by atoms with Gasteiger partial charge in [-0.2, -0.15) is 0 Å². The second kappa shape index (κ2) is 5.58. The van der Waals surface area contributed by atoms with Crippen molar-refractivity contribution < 1.29 is 5.11 Å². The average molecular weight is 276 g/mol. The molecule has 1 N–H and O–H groups in total. The SMILES string of the molecule is C=C1CC[C@H]2C(C)(C)CCC[C@]2(C)[C@H]1CC/C(C)=C\O. The quantitative estimate of drug-likeness (QED) is 0.493. The van der Waals surface area contributed by atoms with Gasteiger partial charge in [-0.3, -0.25) is 0 Å². The molecule has 2 saturated carbocycles. The van der Waals surface area contributed by atoms with E-state index in [-0.39, 0.29) is 0 Å². The van der Waals surface area contributed by atoms with Crippen LogP contribution in [-0.4, -0.2) is 5.11 Å². The van der Waals surface area contributed by atoms with E-state index in [0.717, 1.165) is 24.3 Å². The van der Waals surface area contributed by atoms with Gasteiger partial charge in [0, 0.05) is 0 Å². The Kier molecular flexibility index (Phi) is 4.37. The highest BCUT2D eigenvalue weighted by Crippen LogP contribution is 2.61. The number of hydrogen-bond donors (Lipinski definition) is 1. The molecule has 0 spiro atoms. The van der Waals surface area contributed by atoms with Crippen LogP contribution in [0.25, 0.3) is 0 Å². The average Bonchev–Trinajstić information content (AvgIpc) is 2.36. The molecule has 2 aliphatic carbocycles. The Hall–Kier alpha value is -0.720. The van der Waals surface area contributed by atoms with Crippen LogP contribution in [0.5, 0.6) is 0 Å². The normalized spacial score (nSPS) is 37.6. The summed E-state index contributed by atoms with van der Waals surface area (Å²) in [5, 5.41) is 9.13.